The van der Waals surface area contributed by atoms with Gasteiger partial charge >= 0.3 is 0 Å². The van der Waals surface area contributed by atoms with Crippen LogP contribution in [0, 0.1) is 5.92 Å². The summed E-state index contributed by atoms with van der Waals surface area (Å²) in [5.74, 6) is 1.18. The molecule has 4 heteroatoms. The topological polar surface area (TPSA) is 32.8 Å². The highest BCUT2D eigenvalue weighted by atomic mass is 16.5. The number of ether oxygens (including phenoxy) is 1. The van der Waals surface area contributed by atoms with E-state index in [9.17, 15) is 4.79 Å². The van der Waals surface area contributed by atoms with Crippen LogP contribution in [0.25, 0.3) is 0 Å². The van der Waals surface area contributed by atoms with Crippen LogP contribution in [0.2, 0.25) is 0 Å². The third kappa shape index (κ3) is 2.80. The van der Waals surface area contributed by atoms with E-state index >= 15 is 0 Å². The van der Waals surface area contributed by atoms with Crippen LogP contribution in [-0.2, 0) is 9.53 Å². The molecule has 0 N–H and O–H groups in total. The largest absolute Gasteiger partial charge is 0.368 e. The zero-order valence-corrected chi connectivity index (χ0v) is 10.4. The van der Waals surface area contributed by atoms with Crippen LogP contribution in [-0.4, -0.2) is 61.1 Å². The first-order valence-electron chi connectivity index (χ1n) is 6.95. The minimum absolute atomic E-state index is 0.134. The van der Waals surface area contributed by atoms with Crippen LogP contribution < -0.4 is 0 Å². The lowest BCUT2D eigenvalue weighted by atomic mass is 10.2. The molecule has 0 aromatic rings. The normalized spacial score (nSPS) is 30.8. The van der Waals surface area contributed by atoms with Gasteiger partial charge < -0.3 is 9.64 Å². The molecule has 1 amide bonds. The maximum absolute atomic E-state index is 12.1. The maximum atomic E-state index is 12.1. The van der Waals surface area contributed by atoms with Gasteiger partial charge in [-0.15, -0.1) is 0 Å². The third-order valence-electron chi connectivity index (χ3n) is 4.10. The first-order valence-corrected chi connectivity index (χ1v) is 6.95. The molecule has 2 saturated heterocycles. The molecule has 17 heavy (non-hydrogen) atoms. The molecule has 2 heterocycles. The second-order valence-corrected chi connectivity index (χ2v) is 5.57. The molecule has 1 unspecified atom stereocenters. The molecule has 1 atom stereocenters. The molecule has 4 nitrogen and oxygen atoms in total. The minimum Gasteiger partial charge on any atom is -0.368 e. The Balaban J connectivity index is 1.44. The van der Waals surface area contributed by atoms with Crippen molar-refractivity contribution in [3.63, 3.8) is 0 Å². The number of hydrogen-bond acceptors (Lipinski definition) is 3. The van der Waals surface area contributed by atoms with Crippen molar-refractivity contribution in [3.05, 3.63) is 0 Å². The fraction of sp³-hybridized carbons (Fsp3) is 0.923. The Bertz CT molecular complexity index is 277. The quantitative estimate of drug-likeness (QED) is 0.726. The van der Waals surface area contributed by atoms with E-state index in [0.717, 1.165) is 51.5 Å². The zero-order valence-electron chi connectivity index (χ0n) is 10.4. The van der Waals surface area contributed by atoms with Gasteiger partial charge in [-0.25, -0.2) is 0 Å². The van der Waals surface area contributed by atoms with Gasteiger partial charge in [0.15, 0.2) is 0 Å². The van der Waals surface area contributed by atoms with Gasteiger partial charge in [0.25, 0.3) is 5.91 Å². The number of piperazine rings is 1. The second kappa shape index (κ2) is 4.94. The molecular formula is C13H22N2O2. The highest BCUT2D eigenvalue weighted by Gasteiger charge is 2.31. The van der Waals surface area contributed by atoms with Crippen LogP contribution in [0.3, 0.4) is 0 Å². The van der Waals surface area contributed by atoms with Gasteiger partial charge in [-0.2, -0.15) is 0 Å². The highest BCUT2D eigenvalue weighted by molar-refractivity contribution is 5.81. The van der Waals surface area contributed by atoms with Gasteiger partial charge in [-0.1, -0.05) is 0 Å². The number of nitrogens with zero attached hydrogens (tertiary/aromatic N) is 2. The monoisotopic (exact) mass is 238 g/mol. The van der Waals surface area contributed by atoms with Crippen molar-refractivity contribution < 1.29 is 9.53 Å². The van der Waals surface area contributed by atoms with Gasteiger partial charge in [0.05, 0.1) is 0 Å². The summed E-state index contributed by atoms with van der Waals surface area (Å²) in [4.78, 5) is 16.6. The van der Waals surface area contributed by atoms with Crippen molar-refractivity contribution in [2.45, 2.75) is 31.8 Å². The molecule has 0 aromatic heterocycles. The van der Waals surface area contributed by atoms with Crippen molar-refractivity contribution in [2.24, 2.45) is 5.92 Å². The van der Waals surface area contributed by atoms with Crippen LogP contribution >= 0.6 is 0 Å². The molecule has 0 radical (unpaired) electrons. The Kier molecular flexibility index (Phi) is 3.34. The predicted molar refractivity (Wildman–Crippen MR) is 64.7 cm³/mol. The number of amides is 1. The average Bonchev–Trinajstić information content (AvgIpc) is 3.00. The van der Waals surface area contributed by atoms with Gasteiger partial charge in [-0.05, 0) is 31.6 Å². The van der Waals surface area contributed by atoms with E-state index < -0.39 is 0 Å². The predicted octanol–water partition coefficient (Wildman–Crippen LogP) is 0.720. The Morgan fingerprint density at radius 1 is 1.12 bits per heavy atom. The van der Waals surface area contributed by atoms with E-state index in [-0.39, 0.29) is 12.0 Å². The Morgan fingerprint density at radius 2 is 1.88 bits per heavy atom. The zero-order chi connectivity index (χ0) is 11.7. The number of carbonyl (C=O) groups is 1. The number of rotatable bonds is 3. The lowest BCUT2D eigenvalue weighted by Crippen LogP contribution is -2.51. The van der Waals surface area contributed by atoms with Crippen molar-refractivity contribution >= 4 is 5.91 Å². The van der Waals surface area contributed by atoms with Gasteiger partial charge in [0.1, 0.15) is 6.10 Å². The molecule has 1 aliphatic carbocycles. The van der Waals surface area contributed by atoms with Crippen LogP contribution in [0.4, 0.5) is 0 Å². The van der Waals surface area contributed by atoms with Crippen LogP contribution in [0.1, 0.15) is 25.7 Å². The van der Waals surface area contributed by atoms with E-state index in [1.807, 2.05) is 4.90 Å². The minimum atomic E-state index is -0.134. The highest BCUT2D eigenvalue weighted by Crippen LogP contribution is 2.30. The first-order chi connectivity index (χ1) is 8.33. The van der Waals surface area contributed by atoms with E-state index in [2.05, 4.69) is 4.90 Å². The summed E-state index contributed by atoms with van der Waals surface area (Å²) < 4.78 is 5.46. The molecular weight excluding hydrogens is 216 g/mol. The van der Waals surface area contributed by atoms with Crippen LogP contribution in [0.5, 0.6) is 0 Å². The Hall–Kier alpha value is -0.610. The summed E-state index contributed by atoms with van der Waals surface area (Å²) in [5.41, 5.74) is 0. The maximum Gasteiger partial charge on any atom is 0.251 e. The lowest BCUT2D eigenvalue weighted by Gasteiger charge is -2.35. The summed E-state index contributed by atoms with van der Waals surface area (Å²) in [6.45, 7) is 5.90. The molecule has 3 fully saturated rings. The molecule has 0 spiro atoms. The standard InChI is InChI=1S/C13H22N2O2/c16-13(12-2-1-9-17-12)15-7-5-14(6-8-15)10-11-3-4-11/h11-12H,1-10H2. The SMILES string of the molecule is O=C(C1CCCO1)N1CCN(CC2CC2)CC1. The summed E-state index contributed by atoms with van der Waals surface area (Å²) >= 11 is 0. The van der Waals surface area contributed by atoms with Crippen molar-refractivity contribution in [3.8, 4) is 0 Å². The van der Waals surface area contributed by atoms with Gasteiger partial charge in [0.2, 0.25) is 0 Å². The van der Waals surface area contributed by atoms with E-state index in [1.165, 1.54) is 19.4 Å². The Morgan fingerprint density at radius 3 is 2.47 bits per heavy atom. The molecule has 3 aliphatic rings. The smallest absolute Gasteiger partial charge is 0.251 e. The molecule has 2 aliphatic heterocycles. The fourth-order valence-corrected chi connectivity index (χ4v) is 2.79. The first kappa shape index (κ1) is 11.5. The van der Waals surface area contributed by atoms with E-state index in [1.54, 1.807) is 0 Å². The summed E-state index contributed by atoms with van der Waals surface area (Å²) in [6, 6.07) is 0. The second-order valence-electron chi connectivity index (χ2n) is 5.57. The molecule has 3 rings (SSSR count). The van der Waals surface area contributed by atoms with Gasteiger partial charge in [0, 0.05) is 39.3 Å². The number of carbonyl (C=O) groups excluding carboxylic acids is 1. The van der Waals surface area contributed by atoms with Crippen molar-refractivity contribution in [2.75, 3.05) is 39.3 Å². The molecule has 0 bridgehead atoms. The van der Waals surface area contributed by atoms with Crippen molar-refractivity contribution in [1.82, 2.24) is 9.80 Å². The van der Waals surface area contributed by atoms with Gasteiger partial charge in [-0.3, -0.25) is 9.69 Å². The Labute approximate surface area is 103 Å². The molecule has 96 valence electrons. The van der Waals surface area contributed by atoms with E-state index in [0.29, 0.717) is 0 Å². The summed E-state index contributed by atoms with van der Waals surface area (Å²) in [6.07, 6.45) is 4.65. The van der Waals surface area contributed by atoms with Crippen LogP contribution in [0.15, 0.2) is 0 Å². The lowest BCUT2D eigenvalue weighted by molar-refractivity contribution is -0.142. The average molecular weight is 238 g/mol. The molecule has 0 aromatic carbocycles. The van der Waals surface area contributed by atoms with E-state index in [4.69, 9.17) is 4.74 Å². The summed E-state index contributed by atoms with van der Waals surface area (Å²) in [5, 5.41) is 0. The number of hydrogen-bond donors (Lipinski definition) is 0. The van der Waals surface area contributed by atoms with Crippen molar-refractivity contribution in [1.29, 1.82) is 0 Å². The molecule has 1 saturated carbocycles. The fourth-order valence-electron chi connectivity index (χ4n) is 2.79. The third-order valence-corrected chi connectivity index (χ3v) is 4.10. The summed E-state index contributed by atoms with van der Waals surface area (Å²) in [7, 11) is 0.